The van der Waals surface area contributed by atoms with E-state index in [1.165, 1.54) is 11.8 Å². The molecule has 2 aromatic carbocycles. The highest BCUT2D eigenvalue weighted by atomic mass is 35.5. The molecule has 2 aromatic rings. The molecule has 1 amide bonds. The van der Waals surface area contributed by atoms with Crippen LogP contribution < -0.4 is 11.1 Å². The number of halogens is 2. The number of thioether (sulfide) groups is 1. The molecule has 0 radical (unpaired) electrons. The molecule has 3 rings (SSSR count). The number of nitrogens with two attached hydrogens (primary N) is 1. The summed E-state index contributed by atoms with van der Waals surface area (Å²) in [4.78, 5) is 15.4. The third-order valence-electron chi connectivity index (χ3n) is 4.39. The quantitative estimate of drug-likeness (QED) is 0.508. The normalized spacial score (nSPS) is 17.4. The van der Waals surface area contributed by atoms with Crippen LogP contribution in [0.15, 0.2) is 47.4 Å². The number of anilines is 1. The average Bonchev–Trinajstić information content (AvgIpc) is 2.69. The van der Waals surface area contributed by atoms with Crippen molar-refractivity contribution >= 4 is 46.6 Å². The molecule has 0 saturated carbocycles. The minimum Gasteiger partial charge on any atom is -0.399 e. The third-order valence-corrected chi connectivity index (χ3v) is 6.14. The summed E-state index contributed by atoms with van der Waals surface area (Å²) in [6.07, 6.45) is -0.0259. The summed E-state index contributed by atoms with van der Waals surface area (Å²) in [5.41, 5.74) is 7.49. The molecule has 28 heavy (non-hydrogen) atoms. The maximum absolute atomic E-state index is 12.1. The zero-order valence-electron chi connectivity index (χ0n) is 15.4. The van der Waals surface area contributed by atoms with Gasteiger partial charge in [-0.3, -0.25) is 9.69 Å². The van der Waals surface area contributed by atoms with E-state index in [0.717, 1.165) is 30.1 Å². The Morgan fingerprint density at radius 2 is 2.00 bits per heavy atom. The first kappa shape index (κ1) is 21.3. The van der Waals surface area contributed by atoms with E-state index in [4.69, 9.17) is 33.7 Å². The number of benzene rings is 2. The van der Waals surface area contributed by atoms with Crippen molar-refractivity contribution in [3.8, 4) is 0 Å². The Kier molecular flexibility index (Phi) is 7.88. The van der Waals surface area contributed by atoms with Crippen molar-refractivity contribution in [2.75, 3.05) is 37.7 Å². The van der Waals surface area contributed by atoms with E-state index in [0.29, 0.717) is 34.6 Å². The Hall–Kier alpha value is -1.44. The smallest absolute Gasteiger partial charge is 0.230 e. The van der Waals surface area contributed by atoms with Crippen LogP contribution in [0.25, 0.3) is 0 Å². The third kappa shape index (κ3) is 6.57. The van der Waals surface area contributed by atoms with Crippen LogP contribution in [0.3, 0.4) is 0 Å². The van der Waals surface area contributed by atoms with Crippen LogP contribution >= 0.6 is 35.0 Å². The first-order valence-electron chi connectivity index (χ1n) is 9.02. The van der Waals surface area contributed by atoms with Crippen LogP contribution in [0.4, 0.5) is 5.69 Å². The molecule has 1 aliphatic rings. The monoisotopic (exact) mass is 439 g/mol. The van der Waals surface area contributed by atoms with Gasteiger partial charge in [-0.05, 0) is 42.0 Å². The summed E-state index contributed by atoms with van der Waals surface area (Å²) >= 11 is 13.6. The van der Waals surface area contributed by atoms with E-state index in [1.54, 1.807) is 0 Å². The Labute approximate surface area is 179 Å². The topological polar surface area (TPSA) is 67.6 Å². The molecule has 1 unspecified atom stereocenters. The highest BCUT2D eigenvalue weighted by molar-refractivity contribution is 8.00. The number of morpholine rings is 1. The number of amides is 1. The second-order valence-corrected chi connectivity index (χ2v) is 8.50. The molecule has 1 aliphatic heterocycles. The maximum Gasteiger partial charge on any atom is 0.230 e. The molecule has 8 heteroatoms. The predicted molar refractivity (Wildman–Crippen MR) is 116 cm³/mol. The highest BCUT2D eigenvalue weighted by Crippen LogP contribution is 2.23. The van der Waals surface area contributed by atoms with Gasteiger partial charge in [-0.2, -0.15) is 0 Å². The van der Waals surface area contributed by atoms with Gasteiger partial charge in [-0.25, -0.2) is 0 Å². The number of rotatable bonds is 7. The van der Waals surface area contributed by atoms with Crippen LogP contribution in [-0.2, 0) is 16.1 Å². The van der Waals surface area contributed by atoms with Crippen LogP contribution in [0.1, 0.15) is 5.56 Å². The summed E-state index contributed by atoms with van der Waals surface area (Å²) in [5, 5.41) is 4.09. The van der Waals surface area contributed by atoms with Crippen molar-refractivity contribution in [2.24, 2.45) is 0 Å². The standard InChI is InChI=1S/C20H23Cl2N3O2S/c21-18-6-1-14(9-19(18)22)11-25-7-8-27-16(12-25)10-24-20(26)13-28-17-4-2-15(23)3-5-17/h1-6,9,16H,7-8,10-13,23H2,(H,24,26). The van der Waals surface area contributed by atoms with Crippen molar-refractivity contribution in [3.63, 3.8) is 0 Å². The Balaban J connectivity index is 1.41. The van der Waals surface area contributed by atoms with Gasteiger partial charge in [0.1, 0.15) is 0 Å². The molecule has 0 aliphatic carbocycles. The number of nitrogen functional groups attached to an aromatic ring is 1. The molecular formula is C20H23Cl2N3O2S. The lowest BCUT2D eigenvalue weighted by molar-refractivity contribution is -0.119. The molecular weight excluding hydrogens is 417 g/mol. The largest absolute Gasteiger partial charge is 0.399 e. The summed E-state index contributed by atoms with van der Waals surface area (Å²) in [6, 6.07) is 13.2. The molecule has 0 bridgehead atoms. The number of nitrogens with one attached hydrogen (secondary N) is 1. The summed E-state index contributed by atoms with van der Waals surface area (Å²) in [6.45, 7) is 3.52. The lowest BCUT2D eigenvalue weighted by Gasteiger charge is -2.33. The van der Waals surface area contributed by atoms with Gasteiger partial charge in [-0.1, -0.05) is 29.3 Å². The van der Waals surface area contributed by atoms with E-state index in [9.17, 15) is 4.79 Å². The van der Waals surface area contributed by atoms with Gasteiger partial charge in [0.15, 0.2) is 0 Å². The van der Waals surface area contributed by atoms with Gasteiger partial charge in [-0.15, -0.1) is 11.8 Å². The SMILES string of the molecule is Nc1ccc(SCC(=O)NCC2CN(Cc3ccc(Cl)c(Cl)c3)CCO2)cc1. The van der Waals surface area contributed by atoms with Crippen molar-refractivity contribution in [1.29, 1.82) is 0 Å². The van der Waals surface area contributed by atoms with Crippen LogP contribution in [0, 0.1) is 0 Å². The van der Waals surface area contributed by atoms with Crippen molar-refractivity contribution in [1.82, 2.24) is 10.2 Å². The molecule has 1 fully saturated rings. The number of hydrogen-bond donors (Lipinski definition) is 2. The van der Waals surface area contributed by atoms with Gasteiger partial charge < -0.3 is 15.8 Å². The van der Waals surface area contributed by atoms with Gasteiger partial charge in [0, 0.05) is 36.8 Å². The zero-order chi connectivity index (χ0) is 19.9. The molecule has 1 atom stereocenters. The van der Waals surface area contributed by atoms with E-state index in [-0.39, 0.29) is 12.0 Å². The fourth-order valence-electron chi connectivity index (χ4n) is 2.94. The van der Waals surface area contributed by atoms with Crippen molar-refractivity contribution < 1.29 is 9.53 Å². The lowest BCUT2D eigenvalue weighted by Crippen LogP contribution is -2.47. The lowest BCUT2D eigenvalue weighted by atomic mass is 10.2. The number of hydrogen-bond acceptors (Lipinski definition) is 5. The van der Waals surface area contributed by atoms with Crippen molar-refractivity contribution in [3.05, 3.63) is 58.1 Å². The van der Waals surface area contributed by atoms with E-state index >= 15 is 0 Å². The molecule has 1 heterocycles. The molecule has 3 N–H and O–H groups in total. The van der Waals surface area contributed by atoms with E-state index < -0.39 is 0 Å². The number of ether oxygens (including phenoxy) is 1. The van der Waals surface area contributed by atoms with Gasteiger partial charge >= 0.3 is 0 Å². The average molecular weight is 440 g/mol. The Morgan fingerprint density at radius 1 is 1.21 bits per heavy atom. The maximum atomic E-state index is 12.1. The minimum atomic E-state index is -0.0259. The first-order valence-corrected chi connectivity index (χ1v) is 10.8. The molecule has 1 saturated heterocycles. The van der Waals surface area contributed by atoms with E-state index in [2.05, 4.69) is 10.2 Å². The fourth-order valence-corrected chi connectivity index (χ4v) is 3.98. The highest BCUT2D eigenvalue weighted by Gasteiger charge is 2.21. The van der Waals surface area contributed by atoms with Crippen molar-refractivity contribution in [2.45, 2.75) is 17.5 Å². The summed E-state index contributed by atoms with van der Waals surface area (Å²) in [5.74, 6) is 0.357. The molecule has 0 aromatic heterocycles. The van der Waals surface area contributed by atoms with Gasteiger partial charge in [0.2, 0.25) is 5.91 Å². The second kappa shape index (κ2) is 10.4. The van der Waals surface area contributed by atoms with E-state index in [1.807, 2.05) is 42.5 Å². The number of carbonyl (C=O) groups is 1. The summed E-state index contributed by atoms with van der Waals surface area (Å²) < 4.78 is 5.79. The fraction of sp³-hybridized carbons (Fsp3) is 0.350. The molecule has 5 nitrogen and oxygen atoms in total. The van der Waals surface area contributed by atoms with Gasteiger partial charge in [0.05, 0.1) is 28.5 Å². The second-order valence-electron chi connectivity index (χ2n) is 6.64. The Morgan fingerprint density at radius 3 is 2.75 bits per heavy atom. The van der Waals surface area contributed by atoms with Crippen LogP contribution in [0.2, 0.25) is 10.0 Å². The van der Waals surface area contributed by atoms with Crippen LogP contribution in [-0.4, -0.2) is 48.9 Å². The van der Waals surface area contributed by atoms with Gasteiger partial charge in [0.25, 0.3) is 0 Å². The molecule has 0 spiro atoms. The molecule has 150 valence electrons. The predicted octanol–water partition coefficient (Wildman–Crippen LogP) is 3.68. The first-order chi connectivity index (χ1) is 13.5. The Bertz CT molecular complexity index is 805. The number of nitrogens with zero attached hydrogens (tertiary/aromatic N) is 1. The number of carbonyl (C=O) groups excluding carboxylic acids is 1. The summed E-state index contributed by atoms with van der Waals surface area (Å²) in [7, 11) is 0. The zero-order valence-corrected chi connectivity index (χ0v) is 17.7. The minimum absolute atomic E-state index is 0.00738. The van der Waals surface area contributed by atoms with Crippen LogP contribution in [0.5, 0.6) is 0 Å².